The van der Waals surface area contributed by atoms with Gasteiger partial charge in [-0.15, -0.1) is 0 Å². The smallest absolute Gasteiger partial charge is 0.200 e. The van der Waals surface area contributed by atoms with E-state index in [1.807, 2.05) is 13.0 Å². The van der Waals surface area contributed by atoms with Crippen molar-refractivity contribution in [1.82, 2.24) is 0 Å². The van der Waals surface area contributed by atoms with E-state index in [1.54, 1.807) is 18.2 Å². The first-order chi connectivity index (χ1) is 9.97. The van der Waals surface area contributed by atoms with Gasteiger partial charge in [-0.25, -0.2) is 22.0 Å². The summed E-state index contributed by atoms with van der Waals surface area (Å²) in [6.07, 6.45) is 0.689. The highest BCUT2D eigenvalue weighted by atomic mass is 19.2. The Kier molecular flexibility index (Phi) is 4.45. The first-order valence-electron chi connectivity index (χ1n) is 6.29. The number of hydrogen-bond acceptors (Lipinski definition) is 1. The van der Waals surface area contributed by atoms with E-state index in [9.17, 15) is 22.0 Å². The second kappa shape index (κ2) is 6.11. The molecule has 0 bridgehead atoms. The third kappa shape index (κ3) is 2.84. The lowest BCUT2D eigenvalue weighted by Gasteiger charge is -2.13. The van der Waals surface area contributed by atoms with Crippen molar-refractivity contribution in [3.05, 3.63) is 64.5 Å². The summed E-state index contributed by atoms with van der Waals surface area (Å²) < 4.78 is 66.1. The van der Waals surface area contributed by atoms with Gasteiger partial charge in [-0.1, -0.05) is 31.2 Å². The van der Waals surface area contributed by atoms with Gasteiger partial charge in [0.15, 0.2) is 23.3 Å². The molecule has 0 aliphatic carbocycles. The predicted molar refractivity (Wildman–Crippen MR) is 69.4 cm³/mol. The zero-order valence-electron chi connectivity index (χ0n) is 11.1. The maximum atomic E-state index is 13.5. The molecular formula is C15H12F5N. The third-order valence-corrected chi connectivity index (χ3v) is 3.16. The van der Waals surface area contributed by atoms with Gasteiger partial charge in [-0.2, -0.15) is 0 Å². The van der Waals surface area contributed by atoms with Gasteiger partial charge >= 0.3 is 0 Å². The van der Waals surface area contributed by atoms with Gasteiger partial charge in [0.25, 0.3) is 0 Å². The van der Waals surface area contributed by atoms with Crippen LogP contribution in [0.25, 0.3) is 0 Å². The normalized spacial score (nSPS) is 10.8. The van der Waals surface area contributed by atoms with Gasteiger partial charge in [0.1, 0.15) is 5.69 Å². The molecule has 112 valence electrons. The molecule has 0 aliphatic rings. The molecule has 0 atom stereocenters. The number of hydrogen-bond donors (Lipinski definition) is 1. The largest absolute Gasteiger partial charge is 0.376 e. The summed E-state index contributed by atoms with van der Waals surface area (Å²) in [7, 11) is 0. The van der Waals surface area contributed by atoms with Crippen LogP contribution >= 0.6 is 0 Å². The van der Waals surface area contributed by atoms with Crippen molar-refractivity contribution >= 4 is 5.69 Å². The fraction of sp³-hybridized carbons (Fsp3) is 0.200. The molecule has 0 saturated heterocycles. The van der Waals surface area contributed by atoms with Gasteiger partial charge in [0, 0.05) is 6.54 Å². The van der Waals surface area contributed by atoms with Gasteiger partial charge in [0.05, 0.1) is 0 Å². The van der Waals surface area contributed by atoms with Crippen molar-refractivity contribution in [3.8, 4) is 0 Å². The molecule has 2 aromatic rings. The quantitative estimate of drug-likeness (QED) is 0.496. The summed E-state index contributed by atoms with van der Waals surface area (Å²) >= 11 is 0. The third-order valence-electron chi connectivity index (χ3n) is 3.16. The van der Waals surface area contributed by atoms with Crippen molar-refractivity contribution in [2.24, 2.45) is 0 Å². The van der Waals surface area contributed by atoms with Gasteiger partial charge in [0.2, 0.25) is 5.82 Å². The summed E-state index contributed by atoms with van der Waals surface area (Å²) in [4.78, 5) is 0. The van der Waals surface area contributed by atoms with Crippen LogP contribution in [0.3, 0.4) is 0 Å². The Labute approximate surface area is 118 Å². The molecule has 0 amide bonds. The fourth-order valence-corrected chi connectivity index (χ4v) is 2.02. The van der Waals surface area contributed by atoms with Crippen molar-refractivity contribution < 1.29 is 22.0 Å². The van der Waals surface area contributed by atoms with E-state index in [0.717, 1.165) is 11.1 Å². The zero-order chi connectivity index (χ0) is 15.6. The second-order valence-corrected chi connectivity index (χ2v) is 4.42. The van der Waals surface area contributed by atoms with Crippen LogP contribution < -0.4 is 5.32 Å². The highest BCUT2D eigenvalue weighted by Gasteiger charge is 2.25. The molecule has 0 radical (unpaired) electrons. The van der Waals surface area contributed by atoms with Gasteiger partial charge in [-0.05, 0) is 17.5 Å². The van der Waals surface area contributed by atoms with Gasteiger partial charge < -0.3 is 5.32 Å². The minimum Gasteiger partial charge on any atom is -0.376 e. The molecule has 0 fully saturated rings. The van der Waals surface area contributed by atoms with Gasteiger partial charge in [-0.3, -0.25) is 0 Å². The monoisotopic (exact) mass is 301 g/mol. The van der Waals surface area contributed by atoms with Crippen LogP contribution in [-0.2, 0) is 13.0 Å². The fourth-order valence-electron chi connectivity index (χ4n) is 2.02. The summed E-state index contributed by atoms with van der Waals surface area (Å²) in [6.45, 7) is 1.86. The van der Waals surface area contributed by atoms with E-state index >= 15 is 0 Å². The lowest BCUT2D eigenvalue weighted by Crippen LogP contribution is -2.10. The van der Waals surface area contributed by atoms with Crippen molar-refractivity contribution in [2.45, 2.75) is 19.9 Å². The molecule has 1 N–H and O–H groups in total. The Bertz CT molecular complexity index is 640. The summed E-state index contributed by atoms with van der Waals surface area (Å²) in [5.41, 5.74) is 0.634. The number of rotatable bonds is 4. The summed E-state index contributed by atoms with van der Waals surface area (Å²) in [6, 6.07) is 7.09. The van der Waals surface area contributed by atoms with Crippen LogP contribution in [-0.4, -0.2) is 0 Å². The number of aryl methyl sites for hydroxylation is 1. The lowest BCUT2D eigenvalue weighted by molar-refractivity contribution is 0.381. The molecule has 6 heteroatoms. The summed E-state index contributed by atoms with van der Waals surface area (Å²) in [5, 5.41) is 2.28. The first kappa shape index (κ1) is 15.3. The Morgan fingerprint density at radius 2 is 1.24 bits per heavy atom. The minimum atomic E-state index is -2.16. The van der Waals surface area contributed by atoms with Crippen LogP contribution in [0.5, 0.6) is 0 Å². The summed E-state index contributed by atoms with van der Waals surface area (Å²) in [5.74, 6) is -9.80. The minimum absolute atomic E-state index is 0.0393. The van der Waals surface area contributed by atoms with Crippen LogP contribution in [0.15, 0.2) is 24.3 Å². The predicted octanol–water partition coefficient (Wildman–Crippen LogP) is 4.56. The van der Waals surface area contributed by atoms with E-state index in [2.05, 4.69) is 5.32 Å². The number of benzene rings is 2. The molecule has 1 nitrogen and oxygen atoms in total. The van der Waals surface area contributed by atoms with E-state index in [0.29, 0.717) is 6.42 Å². The van der Waals surface area contributed by atoms with E-state index in [1.165, 1.54) is 0 Å². The van der Waals surface area contributed by atoms with Crippen LogP contribution in [0.4, 0.5) is 27.6 Å². The van der Waals surface area contributed by atoms with Crippen molar-refractivity contribution in [3.63, 3.8) is 0 Å². The molecule has 0 aromatic heterocycles. The second-order valence-electron chi connectivity index (χ2n) is 4.42. The van der Waals surface area contributed by atoms with Crippen LogP contribution in [0.1, 0.15) is 18.1 Å². The van der Waals surface area contributed by atoms with E-state index in [-0.39, 0.29) is 6.54 Å². The average Bonchev–Trinajstić information content (AvgIpc) is 2.51. The molecule has 2 rings (SSSR count). The average molecular weight is 301 g/mol. The lowest BCUT2D eigenvalue weighted by atomic mass is 10.1. The Balaban J connectivity index is 2.33. The molecular weight excluding hydrogens is 289 g/mol. The molecule has 0 heterocycles. The Hall–Kier alpha value is -2.11. The first-order valence-corrected chi connectivity index (χ1v) is 6.29. The highest BCUT2D eigenvalue weighted by Crippen LogP contribution is 2.27. The molecule has 0 spiro atoms. The SMILES string of the molecule is CCc1ccccc1CNc1c(F)c(F)c(F)c(F)c1F. The molecule has 2 aromatic carbocycles. The van der Waals surface area contributed by atoms with E-state index < -0.39 is 34.8 Å². The number of nitrogens with one attached hydrogen (secondary N) is 1. The molecule has 0 unspecified atom stereocenters. The highest BCUT2D eigenvalue weighted by molar-refractivity contribution is 5.48. The Morgan fingerprint density at radius 3 is 1.76 bits per heavy atom. The number of anilines is 1. The maximum absolute atomic E-state index is 13.5. The molecule has 21 heavy (non-hydrogen) atoms. The Morgan fingerprint density at radius 1 is 0.762 bits per heavy atom. The van der Waals surface area contributed by atoms with Crippen LogP contribution in [0.2, 0.25) is 0 Å². The standard InChI is InChI=1S/C15H12F5N/c1-2-8-5-3-4-6-9(8)7-21-15-13(19)11(17)10(16)12(18)14(15)20/h3-6,21H,2,7H2,1H3. The van der Waals surface area contributed by atoms with E-state index in [4.69, 9.17) is 0 Å². The molecule has 0 saturated carbocycles. The zero-order valence-corrected chi connectivity index (χ0v) is 11.1. The molecule has 0 aliphatic heterocycles. The van der Waals surface area contributed by atoms with Crippen LogP contribution in [0, 0.1) is 29.1 Å². The number of halogens is 5. The maximum Gasteiger partial charge on any atom is 0.200 e. The van der Waals surface area contributed by atoms with Crippen molar-refractivity contribution in [2.75, 3.05) is 5.32 Å². The topological polar surface area (TPSA) is 12.0 Å². The van der Waals surface area contributed by atoms with Crippen molar-refractivity contribution in [1.29, 1.82) is 0 Å².